The van der Waals surface area contributed by atoms with Crippen LogP contribution in [0.15, 0.2) is 54.6 Å². The number of nitrogens with zero attached hydrogens (tertiary/aromatic N) is 1. The molecule has 0 saturated carbocycles. The van der Waals surface area contributed by atoms with Crippen LogP contribution in [0.3, 0.4) is 0 Å². The Morgan fingerprint density at radius 1 is 1.00 bits per heavy atom. The normalized spacial score (nSPS) is 16.4. The molecule has 2 N–H and O–H groups in total. The first-order valence-corrected chi connectivity index (χ1v) is 7.26. The van der Waals surface area contributed by atoms with E-state index in [4.69, 9.17) is 0 Å². The maximum atomic E-state index is 12.5. The minimum atomic E-state index is -0.340. The van der Waals surface area contributed by atoms with E-state index in [1.807, 2.05) is 61.5 Å². The van der Waals surface area contributed by atoms with E-state index in [9.17, 15) is 4.79 Å². The molecular weight excluding hydrogens is 274 g/mol. The van der Waals surface area contributed by atoms with Gasteiger partial charge in [-0.25, -0.2) is 4.98 Å². The summed E-state index contributed by atoms with van der Waals surface area (Å²) in [6, 6.07) is 17.8. The van der Waals surface area contributed by atoms with Crippen LogP contribution in [0.2, 0.25) is 0 Å². The Balaban J connectivity index is 1.89. The number of fused-ring (bicyclic) bond motifs is 1. The average molecular weight is 289 g/mol. The zero-order chi connectivity index (χ0) is 15.1. The highest BCUT2D eigenvalue weighted by atomic mass is 16.2. The number of H-pyrrole nitrogens is 1. The molecule has 4 rings (SSSR count). The first-order chi connectivity index (χ1) is 10.7. The third-order valence-corrected chi connectivity index (χ3v) is 3.98. The maximum absolute atomic E-state index is 12.5. The standard InChI is InChI=1S/C18H15N3O/c1-11-19-16(12-7-3-2-4-8-12)17(20-11)15-13-9-5-6-10-14(13)21-18(15)22/h2-10,15H,1H3,(H,19,20)(H,21,22). The molecule has 22 heavy (non-hydrogen) atoms. The van der Waals surface area contributed by atoms with E-state index in [1.54, 1.807) is 0 Å². The van der Waals surface area contributed by atoms with Crippen molar-refractivity contribution in [1.82, 2.24) is 9.97 Å². The summed E-state index contributed by atoms with van der Waals surface area (Å²) in [5.74, 6) is 0.459. The van der Waals surface area contributed by atoms with Crippen LogP contribution in [0.1, 0.15) is 23.0 Å². The number of para-hydroxylation sites is 1. The SMILES string of the molecule is Cc1nc(-c2ccccc2)c(C2C(=O)Nc3ccccc32)[nH]1. The molecule has 1 aromatic heterocycles. The first kappa shape index (κ1) is 12.8. The Bertz CT molecular complexity index is 852. The lowest BCUT2D eigenvalue weighted by atomic mass is 9.94. The second-order valence-corrected chi connectivity index (χ2v) is 5.46. The van der Waals surface area contributed by atoms with E-state index < -0.39 is 0 Å². The lowest BCUT2D eigenvalue weighted by Gasteiger charge is -2.09. The van der Waals surface area contributed by atoms with Gasteiger partial charge in [-0.15, -0.1) is 0 Å². The van der Waals surface area contributed by atoms with E-state index in [0.717, 1.165) is 34.0 Å². The van der Waals surface area contributed by atoms with Gasteiger partial charge in [0.1, 0.15) is 11.7 Å². The highest BCUT2D eigenvalue weighted by molar-refractivity contribution is 6.05. The number of benzene rings is 2. The third-order valence-electron chi connectivity index (χ3n) is 3.98. The Morgan fingerprint density at radius 3 is 2.55 bits per heavy atom. The fraction of sp³-hybridized carbons (Fsp3) is 0.111. The summed E-state index contributed by atoms with van der Waals surface area (Å²) in [7, 11) is 0. The van der Waals surface area contributed by atoms with Crippen molar-refractivity contribution in [2.75, 3.05) is 5.32 Å². The second kappa shape index (κ2) is 4.84. The lowest BCUT2D eigenvalue weighted by Crippen LogP contribution is -2.14. The number of aromatic amines is 1. The molecule has 1 unspecified atom stereocenters. The molecule has 0 aliphatic carbocycles. The van der Waals surface area contributed by atoms with Crippen molar-refractivity contribution >= 4 is 11.6 Å². The number of nitrogens with one attached hydrogen (secondary N) is 2. The molecule has 2 heterocycles. The van der Waals surface area contributed by atoms with Gasteiger partial charge in [0, 0.05) is 11.3 Å². The first-order valence-electron chi connectivity index (χ1n) is 7.26. The number of amides is 1. The minimum Gasteiger partial charge on any atom is -0.345 e. The molecule has 1 amide bonds. The summed E-state index contributed by atoms with van der Waals surface area (Å²) in [6.45, 7) is 1.91. The number of imidazole rings is 1. The number of aromatic nitrogens is 2. The van der Waals surface area contributed by atoms with Crippen molar-refractivity contribution < 1.29 is 4.79 Å². The largest absolute Gasteiger partial charge is 0.345 e. The molecule has 1 aliphatic heterocycles. The van der Waals surface area contributed by atoms with Gasteiger partial charge in [-0.2, -0.15) is 0 Å². The molecule has 4 heteroatoms. The van der Waals surface area contributed by atoms with Gasteiger partial charge >= 0.3 is 0 Å². The zero-order valence-corrected chi connectivity index (χ0v) is 12.1. The highest BCUT2D eigenvalue weighted by Crippen LogP contribution is 2.39. The molecule has 4 nitrogen and oxygen atoms in total. The fourth-order valence-electron chi connectivity index (χ4n) is 3.03. The van der Waals surface area contributed by atoms with Gasteiger partial charge in [0.15, 0.2) is 0 Å². The molecule has 1 aliphatic rings. The van der Waals surface area contributed by atoms with Crippen molar-refractivity contribution in [3.05, 3.63) is 71.7 Å². The molecule has 0 spiro atoms. The predicted molar refractivity (Wildman–Crippen MR) is 85.7 cm³/mol. The van der Waals surface area contributed by atoms with Gasteiger partial charge in [0.05, 0.1) is 11.4 Å². The number of hydrogen-bond donors (Lipinski definition) is 2. The highest BCUT2D eigenvalue weighted by Gasteiger charge is 2.35. The molecule has 0 fully saturated rings. The quantitative estimate of drug-likeness (QED) is 0.759. The molecule has 0 radical (unpaired) electrons. The van der Waals surface area contributed by atoms with Crippen molar-refractivity contribution in [3.63, 3.8) is 0 Å². The summed E-state index contributed by atoms with van der Waals surface area (Å²) >= 11 is 0. The number of aryl methyl sites for hydroxylation is 1. The second-order valence-electron chi connectivity index (χ2n) is 5.46. The summed E-state index contributed by atoms with van der Waals surface area (Å²) < 4.78 is 0. The van der Waals surface area contributed by atoms with Gasteiger partial charge in [-0.05, 0) is 18.6 Å². The monoisotopic (exact) mass is 289 g/mol. The minimum absolute atomic E-state index is 0.0120. The van der Waals surface area contributed by atoms with Crippen molar-refractivity contribution in [2.24, 2.45) is 0 Å². The topological polar surface area (TPSA) is 57.8 Å². The molecular formula is C18H15N3O. The lowest BCUT2D eigenvalue weighted by molar-refractivity contribution is -0.116. The van der Waals surface area contributed by atoms with Gasteiger partial charge in [0.25, 0.3) is 0 Å². The van der Waals surface area contributed by atoms with Crippen LogP contribution in [0.5, 0.6) is 0 Å². The number of rotatable bonds is 2. The molecule has 2 aromatic carbocycles. The predicted octanol–water partition coefficient (Wildman–Crippen LogP) is 3.47. The van der Waals surface area contributed by atoms with E-state index in [-0.39, 0.29) is 11.8 Å². The van der Waals surface area contributed by atoms with Crippen LogP contribution in [0, 0.1) is 6.92 Å². The Morgan fingerprint density at radius 2 is 1.73 bits per heavy atom. The van der Waals surface area contributed by atoms with E-state index in [0.29, 0.717) is 0 Å². The van der Waals surface area contributed by atoms with Crippen LogP contribution in [0.4, 0.5) is 5.69 Å². The van der Waals surface area contributed by atoms with E-state index in [1.165, 1.54) is 0 Å². The molecule has 0 bridgehead atoms. The van der Waals surface area contributed by atoms with Crippen molar-refractivity contribution in [3.8, 4) is 11.3 Å². The summed E-state index contributed by atoms with van der Waals surface area (Å²) in [4.78, 5) is 20.3. The number of hydrogen-bond acceptors (Lipinski definition) is 2. The van der Waals surface area contributed by atoms with Gasteiger partial charge in [0.2, 0.25) is 5.91 Å². The van der Waals surface area contributed by atoms with E-state index >= 15 is 0 Å². The fourth-order valence-corrected chi connectivity index (χ4v) is 3.03. The van der Waals surface area contributed by atoms with E-state index in [2.05, 4.69) is 15.3 Å². The van der Waals surface area contributed by atoms with Gasteiger partial charge < -0.3 is 10.3 Å². The summed E-state index contributed by atoms with van der Waals surface area (Å²) in [5, 5.41) is 2.95. The molecule has 1 atom stereocenters. The van der Waals surface area contributed by atoms with Crippen LogP contribution >= 0.6 is 0 Å². The van der Waals surface area contributed by atoms with Crippen LogP contribution in [-0.2, 0) is 4.79 Å². The summed E-state index contributed by atoms with van der Waals surface area (Å²) in [5.41, 5.74) is 4.58. The van der Waals surface area contributed by atoms with Crippen LogP contribution < -0.4 is 5.32 Å². The van der Waals surface area contributed by atoms with Crippen LogP contribution in [-0.4, -0.2) is 15.9 Å². The van der Waals surface area contributed by atoms with Gasteiger partial charge in [-0.3, -0.25) is 4.79 Å². The number of anilines is 1. The Hall–Kier alpha value is -2.88. The van der Waals surface area contributed by atoms with Crippen molar-refractivity contribution in [2.45, 2.75) is 12.8 Å². The number of carbonyl (C=O) groups is 1. The Labute approximate surface area is 128 Å². The molecule has 0 saturated heterocycles. The van der Waals surface area contributed by atoms with Gasteiger partial charge in [-0.1, -0.05) is 48.5 Å². The average Bonchev–Trinajstić information content (AvgIpc) is 3.07. The van der Waals surface area contributed by atoms with Crippen molar-refractivity contribution in [1.29, 1.82) is 0 Å². The molecule has 3 aromatic rings. The zero-order valence-electron chi connectivity index (χ0n) is 12.1. The summed E-state index contributed by atoms with van der Waals surface area (Å²) in [6.07, 6.45) is 0. The van der Waals surface area contributed by atoms with Crippen LogP contribution in [0.25, 0.3) is 11.3 Å². The third kappa shape index (κ3) is 1.92. The number of carbonyl (C=O) groups excluding carboxylic acids is 1. The molecule has 108 valence electrons. The maximum Gasteiger partial charge on any atom is 0.238 e. The smallest absolute Gasteiger partial charge is 0.238 e. The Kier molecular flexibility index (Phi) is 2.82.